The Kier molecular flexibility index (Phi) is 5.60. The number of hydrogen-bond acceptors (Lipinski definition) is 6. The number of nitrogens with zero attached hydrogens (tertiary/aromatic N) is 1. The van der Waals surface area contributed by atoms with Crippen LogP contribution >= 0.6 is 12.6 Å². The van der Waals surface area contributed by atoms with Gasteiger partial charge in [0.15, 0.2) is 0 Å². The van der Waals surface area contributed by atoms with E-state index in [0.29, 0.717) is 40.6 Å². The van der Waals surface area contributed by atoms with E-state index in [1.165, 1.54) is 7.11 Å². The van der Waals surface area contributed by atoms with E-state index in [-0.39, 0.29) is 5.56 Å². The lowest BCUT2D eigenvalue weighted by Gasteiger charge is -2.14. The van der Waals surface area contributed by atoms with E-state index in [2.05, 4.69) is 22.6 Å². The van der Waals surface area contributed by atoms with Gasteiger partial charge in [-0.05, 0) is 37.1 Å². The van der Waals surface area contributed by atoms with Gasteiger partial charge in [-0.25, -0.2) is 4.98 Å². The Bertz CT molecular complexity index is 1020. The molecule has 0 unspecified atom stereocenters. The van der Waals surface area contributed by atoms with Gasteiger partial charge in [-0.3, -0.25) is 4.79 Å². The Hall–Kier alpha value is -2.67. The maximum atomic E-state index is 12.7. The second-order valence-electron chi connectivity index (χ2n) is 6.15. The largest absolute Gasteiger partial charge is 0.497 e. The molecule has 0 saturated carbocycles. The molecular weight excluding hydrogens is 364 g/mol. The van der Waals surface area contributed by atoms with Gasteiger partial charge in [0.25, 0.3) is 5.56 Å². The molecule has 0 fully saturated rings. The molecule has 1 heterocycles. The lowest BCUT2D eigenvalue weighted by atomic mass is 10.0. The number of fused-ring (bicyclic) bond motifs is 1. The number of rotatable bonds is 6. The van der Waals surface area contributed by atoms with Gasteiger partial charge in [0.1, 0.15) is 28.5 Å². The number of nitrogens with one attached hydrogen (secondary N) is 1. The van der Waals surface area contributed by atoms with Crippen molar-refractivity contribution >= 4 is 23.5 Å². The van der Waals surface area contributed by atoms with Crippen LogP contribution in [0.25, 0.3) is 22.3 Å². The zero-order chi connectivity index (χ0) is 19.6. The quantitative estimate of drug-likeness (QED) is 0.634. The first-order valence-electron chi connectivity index (χ1n) is 8.49. The summed E-state index contributed by atoms with van der Waals surface area (Å²) in [7, 11) is 3.07. The maximum Gasteiger partial charge on any atom is 0.262 e. The third-order valence-corrected chi connectivity index (χ3v) is 4.46. The van der Waals surface area contributed by atoms with Gasteiger partial charge in [0, 0.05) is 23.4 Å². The molecule has 1 N–H and O–H groups in total. The fourth-order valence-electron chi connectivity index (χ4n) is 3.09. The molecule has 1 aromatic heterocycles. The molecule has 2 aromatic carbocycles. The second-order valence-corrected chi connectivity index (χ2v) is 6.60. The predicted octanol–water partition coefficient (Wildman–Crippen LogP) is 3.53. The van der Waals surface area contributed by atoms with Gasteiger partial charge in [0.2, 0.25) is 0 Å². The highest BCUT2D eigenvalue weighted by Gasteiger charge is 2.14. The summed E-state index contributed by atoms with van der Waals surface area (Å²) in [4.78, 5) is 20.2. The van der Waals surface area contributed by atoms with E-state index in [9.17, 15) is 4.79 Å². The summed E-state index contributed by atoms with van der Waals surface area (Å²) in [5.74, 6) is 2.96. The van der Waals surface area contributed by atoms with Gasteiger partial charge in [-0.1, -0.05) is 0 Å². The molecule has 0 radical (unpaired) electrons. The first kappa shape index (κ1) is 19.1. The summed E-state index contributed by atoms with van der Waals surface area (Å²) in [5, 5.41) is 0.393. The van der Waals surface area contributed by atoms with E-state index in [4.69, 9.17) is 14.2 Å². The van der Waals surface area contributed by atoms with Crippen molar-refractivity contribution in [1.29, 1.82) is 0 Å². The fraction of sp³-hybridized carbons (Fsp3) is 0.300. The molecule has 0 aliphatic carbocycles. The van der Waals surface area contributed by atoms with Crippen LogP contribution in [0.2, 0.25) is 0 Å². The Balaban J connectivity index is 2.16. The van der Waals surface area contributed by atoms with Crippen molar-refractivity contribution in [3.63, 3.8) is 0 Å². The monoisotopic (exact) mass is 386 g/mol. The van der Waals surface area contributed by atoms with Crippen LogP contribution in [0.15, 0.2) is 29.1 Å². The van der Waals surface area contributed by atoms with E-state index >= 15 is 0 Å². The highest BCUT2D eigenvalue weighted by Crippen LogP contribution is 2.31. The molecular formula is C20H22N2O4S. The predicted molar refractivity (Wildman–Crippen MR) is 110 cm³/mol. The van der Waals surface area contributed by atoms with Crippen molar-refractivity contribution in [2.75, 3.05) is 26.6 Å². The molecule has 0 bridgehead atoms. The fourth-order valence-corrected chi connectivity index (χ4v) is 3.18. The van der Waals surface area contributed by atoms with Crippen molar-refractivity contribution in [2.24, 2.45) is 0 Å². The van der Waals surface area contributed by atoms with E-state index in [1.54, 1.807) is 19.2 Å². The van der Waals surface area contributed by atoms with E-state index in [1.807, 2.05) is 26.0 Å². The molecule has 3 aromatic rings. The normalized spacial score (nSPS) is 10.9. The molecule has 0 spiro atoms. The van der Waals surface area contributed by atoms with Crippen LogP contribution in [0.4, 0.5) is 0 Å². The lowest BCUT2D eigenvalue weighted by molar-refractivity contribution is 0.339. The first-order valence-corrected chi connectivity index (χ1v) is 9.13. The number of H-pyrrole nitrogens is 1. The number of hydrogen-bond donors (Lipinski definition) is 2. The topological polar surface area (TPSA) is 73.4 Å². The smallest absolute Gasteiger partial charge is 0.262 e. The molecule has 3 rings (SSSR count). The van der Waals surface area contributed by atoms with E-state index < -0.39 is 0 Å². The maximum absolute atomic E-state index is 12.7. The number of aromatic nitrogens is 2. The minimum Gasteiger partial charge on any atom is -0.497 e. The van der Waals surface area contributed by atoms with Crippen molar-refractivity contribution < 1.29 is 14.2 Å². The van der Waals surface area contributed by atoms with Gasteiger partial charge in [-0.2, -0.15) is 12.6 Å². The molecule has 0 atom stereocenters. The highest BCUT2D eigenvalue weighted by molar-refractivity contribution is 7.80. The number of benzene rings is 2. The summed E-state index contributed by atoms with van der Waals surface area (Å²) in [6, 6.07) is 7.28. The Morgan fingerprint density at radius 2 is 1.78 bits per heavy atom. The first-order chi connectivity index (χ1) is 13.0. The summed E-state index contributed by atoms with van der Waals surface area (Å²) in [6.45, 7) is 4.47. The van der Waals surface area contributed by atoms with Gasteiger partial charge in [-0.15, -0.1) is 0 Å². The molecule has 142 valence electrons. The lowest BCUT2D eigenvalue weighted by Crippen LogP contribution is -2.11. The Morgan fingerprint density at radius 3 is 2.37 bits per heavy atom. The van der Waals surface area contributed by atoms with Gasteiger partial charge in [0.05, 0.1) is 26.3 Å². The second kappa shape index (κ2) is 7.92. The molecule has 6 nitrogen and oxygen atoms in total. The van der Waals surface area contributed by atoms with Crippen LogP contribution in [0.1, 0.15) is 11.1 Å². The van der Waals surface area contributed by atoms with Crippen LogP contribution in [0.3, 0.4) is 0 Å². The minimum atomic E-state index is -0.264. The molecule has 0 aliphatic rings. The zero-order valence-electron chi connectivity index (χ0n) is 15.8. The van der Waals surface area contributed by atoms with Crippen LogP contribution < -0.4 is 19.8 Å². The number of thiol groups is 1. The molecule has 0 aliphatic heterocycles. The number of ether oxygens (including phenoxy) is 3. The van der Waals surface area contributed by atoms with Gasteiger partial charge < -0.3 is 19.2 Å². The van der Waals surface area contributed by atoms with Crippen LogP contribution in [-0.4, -0.2) is 36.5 Å². The van der Waals surface area contributed by atoms with Crippen LogP contribution in [-0.2, 0) is 0 Å². The summed E-state index contributed by atoms with van der Waals surface area (Å²) < 4.78 is 16.4. The summed E-state index contributed by atoms with van der Waals surface area (Å²) in [6.07, 6.45) is 0. The standard InChI is InChI=1S/C20H22N2O4S/c1-11-7-13(8-12(2)18(11)26-5-6-27)19-21-15-9-14(24-3)10-16(25-4)17(15)20(23)22-19/h7-10,27H,5-6H2,1-4H3,(H,21,22,23). The highest BCUT2D eigenvalue weighted by atomic mass is 32.1. The van der Waals surface area contributed by atoms with Crippen LogP contribution in [0.5, 0.6) is 17.2 Å². The van der Waals surface area contributed by atoms with Crippen LogP contribution in [0, 0.1) is 13.8 Å². The average Bonchev–Trinajstić information content (AvgIpc) is 2.66. The molecule has 7 heteroatoms. The number of methoxy groups -OCH3 is 2. The third-order valence-electron chi connectivity index (χ3n) is 4.27. The van der Waals surface area contributed by atoms with E-state index in [0.717, 1.165) is 22.4 Å². The average molecular weight is 386 g/mol. The minimum absolute atomic E-state index is 0.264. The van der Waals surface area contributed by atoms with Crippen molar-refractivity contribution in [3.05, 3.63) is 45.7 Å². The Labute approximate surface area is 162 Å². The molecule has 0 amide bonds. The summed E-state index contributed by atoms with van der Waals surface area (Å²) in [5.41, 5.74) is 3.00. The Morgan fingerprint density at radius 1 is 1.07 bits per heavy atom. The van der Waals surface area contributed by atoms with Crippen molar-refractivity contribution in [2.45, 2.75) is 13.8 Å². The van der Waals surface area contributed by atoms with Gasteiger partial charge >= 0.3 is 0 Å². The third kappa shape index (κ3) is 3.73. The SMILES string of the molecule is COc1cc(OC)c2c(=O)[nH]c(-c3cc(C)c(OCCS)c(C)c3)nc2c1. The number of aryl methyl sites for hydroxylation is 2. The molecule has 27 heavy (non-hydrogen) atoms. The van der Waals surface area contributed by atoms with Crippen molar-refractivity contribution in [3.8, 4) is 28.6 Å². The van der Waals surface area contributed by atoms with Crippen molar-refractivity contribution in [1.82, 2.24) is 9.97 Å². The molecule has 0 saturated heterocycles. The zero-order valence-corrected chi connectivity index (χ0v) is 16.6. The summed E-state index contributed by atoms with van der Waals surface area (Å²) >= 11 is 4.18. The number of aromatic amines is 1.